The number of halogens is 2. The van der Waals surface area contributed by atoms with Gasteiger partial charge in [-0.15, -0.1) is 0 Å². The standard InChI is InChI=1S/C48H44F2N10O5/c1-24-17-31(18-25(2)40(24)49)60-43(58-14-13-57(47(58)63)38-10-9-36-33(41(38)50)23-51-56(36)4)39-35(54-60)21-30-7-8-37(39)59(30)44(61)32-19-29-6-5-28(27-11-15-64-16-12-27)20-34(29)52-42(32)48(22-26(48)3)45-53-46(62)65-55-45/h5-6,9-10,13-14,17-20,23,26-27,30,37H,7-8,11-12,15-16,21-22H2,1-4H3,(H,53,55,62)/t26-,30+,37-,48+/m0/s1. The maximum absolute atomic E-state index is 16.2. The minimum absolute atomic E-state index is 0.0184. The number of H-pyrrole nitrogens is 1. The quantitative estimate of drug-likeness (QED) is 0.179. The van der Waals surface area contributed by atoms with Crippen LogP contribution in [0.5, 0.6) is 0 Å². The predicted octanol–water partition coefficient (Wildman–Crippen LogP) is 6.94. The van der Waals surface area contributed by atoms with Crippen molar-refractivity contribution in [3.05, 3.63) is 145 Å². The average molecular weight is 879 g/mol. The van der Waals surface area contributed by atoms with Gasteiger partial charge in [-0.05, 0) is 111 Å². The molecule has 3 fully saturated rings. The smallest absolute Gasteiger partial charge is 0.381 e. The van der Waals surface area contributed by atoms with E-state index < -0.39 is 28.7 Å². The number of hydrogen-bond donors (Lipinski definition) is 1. The molecule has 1 saturated carbocycles. The molecule has 1 amide bonds. The lowest BCUT2D eigenvalue weighted by atomic mass is 9.88. The van der Waals surface area contributed by atoms with E-state index in [1.807, 2.05) is 24.0 Å². The van der Waals surface area contributed by atoms with Crippen molar-refractivity contribution >= 4 is 27.7 Å². The van der Waals surface area contributed by atoms with E-state index in [2.05, 4.69) is 27.4 Å². The number of ether oxygens (including phenoxy) is 1. The Kier molecular flexibility index (Phi) is 8.67. The topological polar surface area (TPSA) is 164 Å². The Bertz CT molecular complexity index is 3400. The van der Waals surface area contributed by atoms with Gasteiger partial charge in [0.1, 0.15) is 11.6 Å². The van der Waals surface area contributed by atoms with Gasteiger partial charge in [0.05, 0.1) is 62.4 Å². The number of imidazole rings is 1. The zero-order chi connectivity index (χ0) is 44.6. The van der Waals surface area contributed by atoms with Gasteiger partial charge in [-0.25, -0.2) is 23.1 Å². The molecule has 1 aliphatic carbocycles. The number of nitrogens with zero attached hydrogens (tertiary/aromatic N) is 9. The van der Waals surface area contributed by atoms with Gasteiger partial charge < -0.3 is 9.64 Å². The number of carbonyl (C=O) groups excluding carboxylic acids is 1. The molecule has 0 spiro atoms. The van der Waals surface area contributed by atoms with E-state index in [0.717, 1.165) is 29.3 Å². The molecular formula is C48H44F2N10O5. The summed E-state index contributed by atoms with van der Waals surface area (Å²) in [4.78, 5) is 52.9. The highest BCUT2D eigenvalue weighted by Gasteiger charge is 2.60. The van der Waals surface area contributed by atoms with Crippen molar-refractivity contribution in [2.45, 2.75) is 82.7 Å². The van der Waals surface area contributed by atoms with Gasteiger partial charge in [0.2, 0.25) is 0 Å². The Morgan fingerprint density at radius 2 is 1.71 bits per heavy atom. The Morgan fingerprint density at radius 3 is 2.45 bits per heavy atom. The van der Waals surface area contributed by atoms with Crippen LogP contribution in [-0.2, 0) is 23.6 Å². The molecule has 17 heteroatoms. The molecule has 330 valence electrons. The van der Waals surface area contributed by atoms with Gasteiger partial charge in [-0.3, -0.25) is 33.1 Å². The van der Waals surface area contributed by atoms with Crippen molar-refractivity contribution in [2.75, 3.05) is 13.2 Å². The number of nitrogens with one attached hydrogen (secondary N) is 1. The molecule has 8 aromatic rings. The van der Waals surface area contributed by atoms with Crippen LogP contribution in [0.1, 0.15) is 101 Å². The van der Waals surface area contributed by atoms with Gasteiger partial charge in [0.25, 0.3) is 5.91 Å². The van der Waals surface area contributed by atoms with Crippen molar-refractivity contribution in [2.24, 2.45) is 13.0 Å². The number of hydrogen-bond acceptors (Lipinski definition) is 9. The van der Waals surface area contributed by atoms with E-state index in [4.69, 9.17) is 19.3 Å². The normalized spacial score (nSPS) is 21.8. The second-order valence-electron chi connectivity index (χ2n) is 18.3. The summed E-state index contributed by atoms with van der Waals surface area (Å²) in [7, 11) is 1.72. The Hall–Kier alpha value is -7.01. The van der Waals surface area contributed by atoms with Crippen LogP contribution in [0.4, 0.5) is 8.78 Å². The van der Waals surface area contributed by atoms with Gasteiger partial charge >= 0.3 is 11.4 Å². The lowest BCUT2D eigenvalue weighted by Crippen LogP contribution is -2.43. The molecule has 2 saturated heterocycles. The van der Waals surface area contributed by atoms with Crippen molar-refractivity contribution in [3.63, 3.8) is 0 Å². The minimum Gasteiger partial charge on any atom is -0.381 e. The van der Waals surface area contributed by atoms with Crippen LogP contribution in [0.2, 0.25) is 0 Å². The zero-order valence-corrected chi connectivity index (χ0v) is 36.1. The molecule has 4 atom stereocenters. The lowest BCUT2D eigenvalue weighted by Gasteiger charge is -2.35. The lowest BCUT2D eigenvalue weighted by molar-refractivity contribution is 0.0643. The second-order valence-corrected chi connectivity index (χ2v) is 18.3. The molecule has 5 aromatic heterocycles. The number of benzene rings is 3. The molecular weight excluding hydrogens is 835 g/mol. The number of rotatable bonds is 7. The highest BCUT2D eigenvalue weighted by atomic mass is 19.1. The third kappa shape index (κ3) is 5.83. The Morgan fingerprint density at radius 1 is 0.938 bits per heavy atom. The van der Waals surface area contributed by atoms with Crippen LogP contribution in [0, 0.1) is 31.4 Å². The molecule has 3 aliphatic heterocycles. The summed E-state index contributed by atoms with van der Waals surface area (Å²) < 4.78 is 47.9. The maximum Gasteiger partial charge on any atom is 0.438 e. The van der Waals surface area contributed by atoms with Gasteiger partial charge in [0.15, 0.2) is 11.6 Å². The number of pyridine rings is 1. The van der Waals surface area contributed by atoms with E-state index in [-0.39, 0.29) is 34.8 Å². The first-order valence-corrected chi connectivity index (χ1v) is 22.1. The molecule has 1 N–H and O–H groups in total. The summed E-state index contributed by atoms with van der Waals surface area (Å²) in [6.07, 6.45) is 8.57. The summed E-state index contributed by atoms with van der Waals surface area (Å²) in [5.74, 6) is -0.847. The van der Waals surface area contributed by atoms with Crippen molar-refractivity contribution < 1.29 is 22.8 Å². The molecule has 4 aliphatic rings. The molecule has 15 nitrogen and oxygen atoms in total. The largest absolute Gasteiger partial charge is 0.438 e. The molecule has 65 heavy (non-hydrogen) atoms. The predicted molar refractivity (Wildman–Crippen MR) is 234 cm³/mol. The SMILES string of the molecule is Cc1cc(-n2nc3c(c2-n2ccn(-c4ccc5c(cnn5C)c4F)c2=O)[C@@H]2CC[C@H](C3)N2C(=O)c2cc3ccc(C4CCOCC4)cc3nc2[C@@]2(c3noc(=O)[nH]3)C[C@@H]2C)cc(C)c1F. The molecule has 8 heterocycles. The minimum atomic E-state index is -0.876. The summed E-state index contributed by atoms with van der Waals surface area (Å²) in [6.45, 7) is 6.80. The fourth-order valence-corrected chi connectivity index (χ4v) is 11.1. The van der Waals surface area contributed by atoms with Crippen molar-refractivity contribution in [3.8, 4) is 17.2 Å². The number of fused-ring (bicyclic) bond motifs is 6. The number of amides is 1. The monoisotopic (exact) mass is 878 g/mol. The van der Waals surface area contributed by atoms with Gasteiger partial charge in [-0.1, -0.05) is 24.2 Å². The Labute approximate surface area is 369 Å². The van der Waals surface area contributed by atoms with Crippen molar-refractivity contribution in [1.82, 2.24) is 48.7 Å². The highest BCUT2D eigenvalue weighted by molar-refractivity contribution is 6.00. The van der Waals surface area contributed by atoms with Crippen LogP contribution in [-0.4, -0.2) is 73.9 Å². The first-order valence-electron chi connectivity index (χ1n) is 22.1. The summed E-state index contributed by atoms with van der Waals surface area (Å²) in [6, 6.07) is 14.0. The summed E-state index contributed by atoms with van der Waals surface area (Å²) >= 11 is 0. The fourth-order valence-electron chi connectivity index (χ4n) is 11.1. The van der Waals surface area contributed by atoms with E-state index in [1.165, 1.54) is 21.5 Å². The molecule has 0 unspecified atom stereocenters. The molecule has 2 bridgehead atoms. The van der Waals surface area contributed by atoms with Crippen molar-refractivity contribution in [1.29, 1.82) is 0 Å². The van der Waals surface area contributed by atoms with E-state index >= 15 is 13.6 Å². The number of aromatic nitrogens is 9. The Balaban J connectivity index is 1.02. The van der Waals surface area contributed by atoms with Crippen LogP contribution < -0.4 is 11.4 Å². The van der Waals surface area contributed by atoms with Crippen LogP contribution in [0.3, 0.4) is 0 Å². The first-order chi connectivity index (χ1) is 31.4. The number of aromatic amines is 1. The van der Waals surface area contributed by atoms with E-state index in [1.54, 1.807) is 60.7 Å². The zero-order valence-electron chi connectivity index (χ0n) is 36.1. The molecule has 3 aromatic carbocycles. The highest BCUT2D eigenvalue weighted by Crippen LogP contribution is 2.58. The maximum atomic E-state index is 16.2. The van der Waals surface area contributed by atoms with Crippen LogP contribution in [0.15, 0.2) is 81.2 Å². The summed E-state index contributed by atoms with van der Waals surface area (Å²) in [5.41, 5.74) is 4.75. The van der Waals surface area contributed by atoms with Crippen LogP contribution in [0.25, 0.3) is 39.0 Å². The fraction of sp³-hybridized carbons (Fsp3) is 0.354. The number of carbonyl (C=O) groups is 1. The average Bonchev–Trinajstić information content (AvgIpc) is 3.90. The molecule has 0 radical (unpaired) electrons. The van der Waals surface area contributed by atoms with Crippen LogP contribution >= 0.6 is 0 Å². The molecule has 12 rings (SSSR count). The summed E-state index contributed by atoms with van der Waals surface area (Å²) in [5, 5.41) is 14.6. The third-order valence-electron chi connectivity index (χ3n) is 14.6. The third-order valence-corrected chi connectivity index (χ3v) is 14.6. The second kappa shape index (κ2) is 14.2. The van der Waals surface area contributed by atoms with Gasteiger partial charge in [0, 0.05) is 56.1 Å². The van der Waals surface area contributed by atoms with E-state index in [0.29, 0.717) is 101 Å². The van der Waals surface area contributed by atoms with Gasteiger partial charge in [-0.2, -0.15) is 10.2 Å². The first kappa shape index (κ1) is 39.6. The number of aryl methyl sites for hydroxylation is 3. The van der Waals surface area contributed by atoms with E-state index in [9.17, 15) is 9.59 Å².